The van der Waals surface area contributed by atoms with Crippen molar-refractivity contribution in [3.05, 3.63) is 47.7 Å². The van der Waals surface area contributed by atoms with Crippen molar-refractivity contribution < 1.29 is 18.3 Å². The number of aromatic nitrogens is 2. The summed E-state index contributed by atoms with van der Waals surface area (Å²) in [6.45, 7) is 3.10. The van der Waals surface area contributed by atoms with Gasteiger partial charge in [-0.15, -0.1) is 0 Å². The summed E-state index contributed by atoms with van der Waals surface area (Å²) in [7, 11) is -3.92. The zero-order chi connectivity index (χ0) is 18.0. The Balaban J connectivity index is 1.95. The molecule has 2 aromatic rings. The monoisotopic (exact) mass is 363 g/mol. The van der Waals surface area contributed by atoms with Crippen LogP contribution in [0.15, 0.2) is 41.6 Å². The molecule has 0 amide bonds. The summed E-state index contributed by atoms with van der Waals surface area (Å²) in [4.78, 5) is 11.5. The molecule has 1 aromatic heterocycles. The number of piperidine rings is 1. The third-order valence-electron chi connectivity index (χ3n) is 4.35. The highest BCUT2D eigenvalue weighted by Gasteiger charge is 2.34. The van der Waals surface area contributed by atoms with Gasteiger partial charge < -0.3 is 5.11 Å². The lowest BCUT2D eigenvalue weighted by Gasteiger charge is -2.29. The van der Waals surface area contributed by atoms with E-state index < -0.39 is 16.0 Å². The van der Waals surface area contributed by atoms with E-state index in [1.807, 2.05) is 37.3 Å². The van der Waals surface area contributed by atoms with Gasteiger partial charge in [0.05, 0.1) is 6.54 Å². The largest absolute Gasteiger partial charge is 0.478 e. The molecule has 1 atom stereocenters. The molecule has 0 aliphatic carbocycles. The summed E-state index contributed by atoms with van der Waals surface area (Å²) in [6, 6.07) is 9.36. The third kappa shape index (κ3) is 3.74. The Morgan fingerprint density at radius 3 is 2.68 bits per heavy atom. The summed E-state index contributed by atoms with van der Waals surface area (Å²) < 4.78 is 28.5. The van der Waals surface area contributed by atoms with Crippen molar-refractivity contribution in [2.75, 3.05) is 13.1 Å². The van der Waals surface area contributed by atoms with Gasteiger partial charge in [0.25, 0.3) is 10.0 Å². The molecule has 0 spiro atoms. The van der Waals surface area contributed by atoms with Crippen LogP contribution in [0, 0.1) is 5.92 Å². The van der Waals surface area contributed by atoms with E-state index in [1.54, 1.807) is 0 Å². The van der Waals surface area contributed by atoms with Crippen LogP contribution < -0.4 is 0 Å². The van der Waals surface area contributed by atoms with Crippen molar-refractivity contribution in [2.45, 2.75) is 31.3 Å². The first kappa shape index (κ1) is 17.6. The summed E-state index contributed by atoms with van der Waals surface area (Å²) >= 11 is 0. The van der Waals surface area contributed by atoms with E-state index >= 15 is 0 Å². The second-order valence-corrected chi connectivity index (χ2v) is 8.30. The fourth-order valence-corrected chi connectivity index (χ4v) is 4.77. The van der Waals surface area contributed by atoms with Gasteiger partial charge in [-0.3, -0.25) is 4.68 Å². The molecule has 0 bridgehead atoms. The Hall–Kier alpha value is -2.19. The number of carboxylic acid groups (broad SMARTS) is 1. The van der Waals surface area contributed by atoms with Crippen LogP contribution in [0.4, 0.5) is 0 Å². The normalized spacial score (nSPS) is 19.0. The fraction of sp³-hybridized carbons (Fsp3) is 0.412. The van der Waals surface area contributed by atoms with Crippen LogP contribution in [0.1, 0.15) is 35.7 Å². The maximum Gasteiger partial charge on any atom is 0.340 e. The molecule has 1 aromatic carbocycles. The molecule has 1 N–H and O–H groups in total. The highest BCUT2D eigenvalue weighted by atomic mass is 32.2. The van der Waals surface area contributed by atoms with E-state index in [1.165, 1.54) is 15.2 Å². The first-order valence-corrected chi connectivity index (χ1v) is 9.67. The molecule has 1 aliphatic rings. The summed E-state index contributed by atoms with van der Waals surface area (Å²) in [6.07, 6.45) is 3.03. The first-order valence-electron chi connectivity index (χ1n) is 8.23. The predicted octanol–water partition coefficient (Wildman–Crippen LogP) is 2.05. The zero-order valence-electron chi connectivity index (χ0n) is 14.0. The quantitative estimate of drug-likeness (QED) is 0.878. The van der Waals surface area contributed by atoms with E-state index in [-0.39, 0.29) is 16.5 Å². The molecule has 134 valence electrons. The molecule has 1 aliphatic heterocycles. The molecule has 7 nitrogen and oxygen atoms in total. The SMILES string of the molecule is CC1CCCN(S(=O)(=O)c2nn(Cc3ccccc3)cc2C(=O)O)C1. The molecule has 1 fully saturated rings. The van der Waals surface area contributed by atoms with Crippen molar-refractivity contribution in [1.29, 1.82) is 0 Å². The zero-order valence-corrected chi connectivity index (χ0v) is 14.8. The van der Waals surface area contributed by atoms with Gasteiger partial charge in [-0.2, -0.15) is 9.40 Å². The van der Waals surface area contributed by atoms with Crippen molar-refractivity contribution in [1.82, 2.24) is 14.1 Å². The number of aromatic carboxylic acids is 1. The van der Waals surface area contributed by atoms with Crippen LogP contribution in [-0.2, 0) is 16.6 Å². The number of nitrogens with zero attached hydrogens (tertiary/aromatic N) is 3. The van der Waals surface area contributed by atoms with Crippen LogP contribution in [0.5, 0.6) is 0 Å². The number of hydrogen-bond donors (Lipinski definition) is 1. The minimum atomic E-state index is -3.92. The molecule has 25 heavy (non-hydrogen) atoms. The average Bonchev–Trinajstić information content (AvgIpc) is 3.01. The Bertz CT molecular complexity index is 861. The van der Waals surface area contributed by atoms with Crippen molar-refractivity contribution >= 4 is 16.0 Å². The number of carboxylic acids is 1. The minimum Gasteiger partial charge on any atom is -0.478 e. The van der Waals surface area contributed by atoms with Gasteiger partial charge in [0.15, 0.2) is 0 Å². The van der Waals surface area contributed by atoms with Crippen LogP contribution >= 0.6 is 0 Å². The van der Waals surface area contributed by atoms with Crippen LogP contribution in [-0.4, -0.2) is 46.7 Å². The van der Waals surface area contributed by atoms with Crippen LogP contribution in [0.25, 0.3) is 0 Å². The second-order valence-electron chi connectivity index (χ2n) is 6.45. The molecule has 8 heteroatoms. The van der Waals surface area contributed by atoms with E-state index in [0.717, 1.165) is 18.4 Å². The lowest BCUT2D eigenvalue weighted by Crippen LogP contribution is -2.39. The maximum atomic E-state index is 12.9. The maximum absolute atomic E-state index is 12.9. The minimum absolute atomic E-state index is 0.253. The molecule has 0 saturated carbocycles. The van der Waals surface area contributed by atoms with Gasteiger partial charge in [0, 0.05) is 19.3 Å². The highest BCUT2D eigenvalue weighted by molar-refractivity contribution is 7.89. The summed E-state index contributed by atoms with van der Waals surface area (Å²) in [5.74, 6) is -1.04. The van der Waals surface area contributed by atoms with Gasteiger partial charge >= 0.3 is 5.97 Å². The van der Waals surface area contributed by atoms with Crippen molar-refractivity contribution in [3.63, 3.8) is 0 Å². The van der Waals surface area contributed by atoms with Crippen LogP contribution in [0.2, 0.25) is 0 Å². The van der Waals surface area contributed by atoms with E-state index in [4.69, 9.17) is 0 Å². The smallest absolute Gasteiger partial charge is 0.340 e. The van der Waals surface area contributed by atoms with E-state index in [0.29, 0.717) is 19.6 Å². The molecular formula is C17H21N3O4S. The lowest BCUT2D eigenvalue weighted by molar-refractivity contribution is 0.0692. The number of sulfonamides is 1. The Labute approximate surface area is 146 Å². The Kier molecular flexibility index (Phi) is 4.91. The molecule has 1 unspecified atom stereocenters. The topological polar surface area (TPSA) is 92.5 Å². The molecule has 3 rings (SSSR count). The van der Waals surface area contributed by atoms with Gasteiger partial charge in [-0.25, -0.2) is 13.2 Å². The lowest BCUT2D eigenvalue weighted by atomic mass is 10.0. The van der Waals surface area contributed by atoms with Crippen molar-refractivity contribution in [2.24, 2.45) is 5.92 Å². The van der Waals surface area contributed by atoms with E-state index in [9.17, 15) is 18.3 Å². The molecule has 0 radical (unpaired) electrons. The van der Waals surface area contributed by atoms with Gasteiger partial charge in [0.2, 0.25) is 5.03 Å². The van der Waals surface area contributed by atoms with Gasteiger partial charge in [-0.1, -0.05) is 37.3 Å². The summed E-state index contributed by atoms with van der Waals surface area (Å²) in [5, 5.41) is 13.2. The van der Waals surface area contributed by atoms with Gasteiger partial charge in [-0.05, 0) is 24.3 Å². The Morgan fingerprint density at radius 2 is 2.04 bits per heavy atom. The number of carbonyl (C=O) groups is 1. The Morgan fingerprint density at radius 1 is 1.32 bits per heavy atom. The van der Waals surface area contributed by atoms with Crippen molar-refractivity contribution in [3.8, 4) is 0 Å². The third-order valence-corrected chi connectivity index (χ3v) is 6.15. The number of hydrogen-bond acceptors (Lipinski definition) is 4. The predicted molar refractivity (Wildman–Crippen MR) is 91.9 cm³/mol. The molecule has 1 saturated heterocycles. The standard InChI is InChI=1S/C17H21N3O4S/c1-13-6-5-9-20(10-13)25(23,24)16-15(17(21)22)12-19(18-16)11-14-7-3-2-4-8-14/h2-4,7-8,12-13H,5-6,9-11H2,1H3,(H,21,22). The number of benzene rings is 1. The molecular weight excluding hydrogens is 342 g/mol. The highest BCUT2D eigenvalue weighted by Crippen LogP contribution is 2.25. The average molecular weight is 363 g/mol. The second kappa shape index (κ2) is 6.97. The first-order chi connectivity index (χ1) is 11.9. The van der Waals surface area contributed by atoms with Gasteiger partial charge in [0.1, 0.15) is 5.56 Å². The number of rotatable bonds is 5. The fourth-order valence-electron chi connectivity index (χ4n) is 3.08. The van der Waals surface area contributed by atoms with E-state index in [2.05, 4.69) is 5.10 Å². The molecule has 2 heterocycles. The van der Waals surface area contributed by atoms with Crippen LogP contribution in [0.3, 0.4) is 0 Å². The summed E-state index contributed by atoms with van der Waals surface area (Å²) in [5.41, 5.74) is 0.631.